The Bertz CT molecular complexity index is 623. The maximum absolute atomic E-state index is 12.6. The normalized spacial score (nSPS) is 10.2. The third-order valence-electron chi connectivity index (χ3n) is 3.06. The van der Waals surface area contributed by atoms with Crippen LogP contribution >= 0.6 is 11.6 Å². The first-order valence-corrected chi connectivity index (χ1v) is 6.65. The Hall–Kier alpha value is -2.00. The third kappa shape index (κ3) is 2.78. The van der Waals surface area contributed by atoms with Gasteiger partial charge >= 0.3 is 0 Å². The smallest absolute Gasteiger partial charge is 0.197 e. The molecule has 0 N–H and O–H groups in total. The van der Waals surface area contributed by atoms with Gasteiger partial charge in [-0.05, 0) is 17.7 Å². The fraction of sp³-hybridized carbons (Fsp3) is 0.188. The Morgan fingerprint density at radius 3 is 2.45 bits per heavy atom. The van der Waals surface area contributed by atoms with Crippen LogP contribution in [0.15, 0.2) is 42.5 Å². The number of alkyl halides is 1. The highest BCUT2D eigenvalue weighted by molar-refractivity contribution is 6.19. The molecule has 0 saturated heterocycles. The fourth-order valence-electron chi connectivity index (χ4n) is 1.99. The van der Waals surface area contributed by atoms with Crippen LogP contribution < -0.4 is 9.47 Å². The summed E-state index contributed by atoms with van der Waals surface area (Å²) in [5, 5.41) is 0. The highest BCUT2D eigenvalue weighted by Crippen LogP contribution is 2.27. The number of ketones is 1. The van der Waals surface area contributed by atoms with Gasteiger partial charge in [-0.25, -0.2) is 0 Å². The number of halogens is 1. The molecule has 0 atom stereocenters. The van der Waals surface area contributed by atoms with E-state index >= 15 is 0 Å². The molecule has 4 heteroatoms. The number of hydrogen-bond acceptors (Lipinski definition) is 3. The lowest BCUT2D eigenvalue weighted by Gasteiger charge is -2.11. The van der Waals surface area contributed by atoms with Crippen LogP contribution in [0.2, 0.25) is 0 Å². The molecule has 0 unspecified atom stereocenters. The number of carbonyl (C=O) groups is 1. The molecule has 2 aromatic rings. The van der Waals surface area contributed by atoms with Gasteiger partial charge in [0.15, 0.2) is 5.78 Å². The average molecular weight is 291 g/mol. The molecule has 3 nitrogen and oxygen atoms in total. The maximum Gasteiger partial charge on any atom is 0.197 e. The first kappa shape index (κ1) is 14.4. The standard InChI is InChI=1S/C16H15ClO3/c1-19-12-7-8-14(15(9-12)20-2)16(18)13-6-4-3-5-11(13)10-17/h3-9H,10H2,1-2H3. The van der Waals surface area contributed by atoms with Crippen molar-refractivity contribution < 1.29 is 14.3 Å². The second kappa shape index (κ2) is 6.44. The van der Waals surface area contributed by atoms with E-state index in [4.69, 9.17) is 21.1 Å². The van der Waals surface area contributed by atoms with Gasteiger partial charge in [-0.1, -0.05) is 24.3 Å². The van der Waals surface area contributed by atoms with Crippen LogP contribution in [0.3, 0.4) is 0 Å². The molecule has 0 spiro atoms. The summed E-state index contributed by atoms with van der Waals surface area (Å²) in [5.74, 6) is 1.31. The van der Waals surface area contributed by atoms with E-state index in [0.717, 1.165) is 5.56 Å². The minimum Gasteiger partial charge on any atom is -0.497 e. The van der Waals surface area contributed by atoms with Crippen molar-refractivity contribution in [2.45, 2.75) is 5.88 Å². The van der Waals surface area contributed by atoms with E-state index in [1.54, 1.807) is 31.4 Å². The van der Waals surface area contributed by atoms with E-state index in [2.05, 4.69) is 0 Å². The first-order chi connectivity index (χ1) is 9.71. The van der Waals surface area contributed by atoms with Gasteiger partial charge in [-0.2, -0.15) is 0 Å². The van der Waals surface area contributed by atoms with Crippen LogP contribution in [0.5, 0.6) is 11.5 Å². The summed E-state index contributed by atoms with van der Waals surface area (Å²) in [7, 11) is 3.10. The molecule has 0 saturated carbocycles. The van der Waals surface area contributed by atoms with E-state index < -0.39 is 0 Å². The zero-order chi connectivity index (χ0) is 14.5. The van der Waals surface area contributed by atoms with Crippen LogP contribution in [-0.2, 0) is 5.88 Å². The first-order valence-electron chi connectivity index (χ1n) is 6.12. The summed E-state index contributed by atoms with van der Waals surface area (Å²) in [6, 6.07) is 12.4. The number of methoxy groups -OCH3 is 2. The van der Waals surface area contributed by atoms with Crippen LogP contribution in [0.25, 0.3) is 0 Å². The lowest BCUT2D eigenvalue weighted by atomic mass is 9.98. The Morgan fingerprint density at radius 2 is 1.80 bits per heavy atom. The molecular formula is C16H15ClO3. The Balaban J connectivity index is 2.48. The summed E-state index contributed by atoms with van der Waals surface area (Å²) in [6.45, 7) is 0. The number of rotatable bonds is 5. The summed E-state index contributed by atoms with van der Waals surface area (Å²) in [5.41, 5.74) is 1.88. The van der Waals surface area contributed by atoms with Gasteiger partial charge in [0.1, 0.15) is 11.5 Å². The molecule has 0 aliphatic heterocycles. The summed E-state index contributed by atoms with van der Waals surface area (Å²) >= 11 is 5.88. The second-order valence-electron chi connectivity index (χ2n) is 4.19. The monoisotopic (exact) mass is 290 g/mol. The van der Waals surface area contributed by atoms with E-state index in [-0.39, 0.29) is 5.78 Å². The largest absolute Gasteiger partial charge is 0.497 e. The van der Waals surface area contributed by atoms with Gasteiger partial charge in [0.25, 0.3) is 0 Å². The Morgan fingerprint density at radius 1 is 1.05 bits per heavy atom. The molecule has 104 valence electrons. The van der Waals surface area contributed by atoms with Gasteiger partial charge in [-0.15, -0.1) is 11.6 Å². The molecule has 0 aliphatic carbocycles. The third-order valence-corrected chi connectivity index (χ3v) is 3.35. The Labute approximate surface area is 123 Å². The predicted octanol–water partition coefficient (Wildman–Crippen LogP) is 3.67. The molecule has 2 aromatic carbocycles. The number of hydrogen-bond donors (Lipinski definition) is 0. The molecule has 0 heterocycles. The van der Waals surface area contributed by atoms with Gasteiger partial charge in [-0.3, -0.25) is 4.79 Å². The predicted molar refractivity (Wildman–Crippen MR) is 79.0 cm³/mol. The Kier molecular flexibility index (Phi) is 4.64. The number of benzene rings is 2. The van der Waals surface area contributed by atoms with E-state index in [9.17, 15) is 4.79 Å². The molecule has 0 bridgehead atoms. The van der Waals surface area contributed by atoms with Crippen molar-refractivity contribution in [2.75, 3.05) is 14.2 Å². The van der Waals surface area contributed by atoms with Gasteiger partial charge in [0.2, 0.25) is 0 Å². The van der Waals surface area contributed by atoms with Crippen LogP contribution in [-0.4, -0.2) is 20.0 Å². The van der Waals surface area contributed by atoms with Gasteiger partial charge in [0, 0.05) is 17.5 Å². The summed E-state index contributed by atoms with van der Waals surface area (Å²) in [4.78, 5) is 12.6. The molecule has 0 amide bonds. The van der Waals surface area contributed by atoms with Crippen molar-refractivity contribution >= 4 is 17.4 Å². The minimum atomic E-state index is -0.110. The number of carbonyl (C=O) groups excluding carboxylic acids is 1. The van der Waals surface area contributed by atoms with Crippen molar-refractivity contribution in [3.05, 3.63) is 59.2 Å². The van der Waals surface area contributed by atoms with Crippen molar-refractivity contribution in [1.29, 1.82) is 0 Å². The lowest BCUT2D eigenvalue weighted by Crippen LogP contribution is -2.06. The second-order valence-corrected chi connectivity index (χ2v) is 4.45. The van der Waals surface area contributed by atoms with Gasteiger partial charge in [0.05, 0.1) is 19.8 Å². The molecule has 0 radical (unpaired) electrons. The maximum atomic E-state index is 12.6. The molecule has 0 fully saturated rings. The molecule has 0 aromatic heterocycles. The molecule has 20 heavy (non-hydrogen) atoms. The van der Waals surface area contributed by atoms with Crippen molar-refractivity contribution in [2.24, 2.45) is 0 Å². The highest BCUT2D eigenvalue weighted by Gasteiger charge is 2.17. The SMILES string of the molecule is COc1ccc(C(=O)c2ccccc2CCl)c(OC)c1. The summed E-state index contributed by atoms with van der Waals surface area (Å²) in [6.07, 6.45) is 0. The van der Waals surface area contributed by atoms with Crippen LogP contribution in [0.1, 0.15) is 21.5 Å². The topological polar surface area (TPSA) is 35.5 Å². The van der Waals surface area contributed by atoms with E-state index in [1.807, 2.05) is 18.2 Å². The minimum absolute atomic E-state index is 0.110. The summed E-state index contributed by atoms with van der Waals surface area (Å²) < 4.78 is 10.4. The molecule has 2 rings (SSSR count). The van der Waals surface area contributed by atoms with E-state index in [0.29, 0.717) is 28.5 Å². The molecule has 0 aliphatic rings. The zero-order valence-corrected chi connectivity index (χ0v) is 12.1. The van der Waals surface area contributed by atoms with Crippen LogP contribution in [0.4, 0.5) is 0 Å². The number of ether oxygens (including phenoxy) is 2. The van der Waals surface area contributed by atoms with Crippen molar-refractivity contribution in [3.63, 3.8) is 0 Å². The van der Waals surface area contributed by atoms with Gasteiger partial charge < -0.3 is 9.47 Å². The fourth-order valence-corrected chi connectivity index (χ4v) is 2.22. The highest BCUT2D eigenvalue weighted by atomic mass is 35.5. The zero-order valence-electron chi connectivity index (χ0n) is 11.4. The molecular weight excluding hydrogens is 276 g/mol. The van der Waals surface area contributed by atoms with Crippen LogP contribution in [0, 0.1) is 0 Å². The van der Waals surface area contributed by atoms with E-state index in [1.165, 1.54) is 7.11 Å². The lowest BCUT2D eigenvalue weighted by molar-refractivity contribution is 0.103. The average Bonchev–Trinajstić information content (AvgIpc) is 2.53. The van der Waals surface area contributed by atoms with Crippen molar-refractivity contribution in [3.8, 4) is 11.5 Å². The van der Waals surface area contributed by atoms with Crippen molar-refractivity contribution in [1.82, 2.24) is 0 Å². The quantitative estimate of drug-likeness (QED) is 0.622.